The van der Waals surface area contributed by atoms with Gasteiger partial charge in [-0.05, 0) is 40.4 Å². The molecule has 2 amide bonds. The van der Waals surface area contributed by atoms with Crippen molar-refractivity contribution in [3.8, 4) is 0 Å². The molecule has 0 radical (unpaired) electrons. The van der Waals surface area contributed by atoms with Crippen LogP contribution in [0.3, 0.4) is 0 Å². The summed E-state index contributed by atoms with van der Waals surface area (Å²) < 4.78 is 8.04. The molecule has 3 atom stereocenters. The van der Waals surface area contributed by atoms with E-state index in [-0.39, 0.29) is 36.5 Å². The number of fused-ring (bicyclic) bond motifs is 1. The van der Waals surface area contributed by atoms with E-state index in [1.165, 1.54) is 0 Å². The van der Waals surface area contributed by atoms with Crippen molar-refractivity contribution in [3.05, 3.63) is 11.9 Å². The highest BCUT2D eigenvalue weighted by atomic mass is 16.5. The van der Waals surface area contributed by atoms with Gasteiger partial charge in [-0.1, -0.05) is 12.1 Å². The second kappa shape index (κ2) is 12.9. The maximum atomic E-state index is 12.9. The molecule has 10 nitrogen and oxygen atoms in total. The molecular formula is C22H40N6O4. The summed E-state index contributed by atoms with van der Waals surface area (Å²) >= 11 is 0. The fourth-order valence-corrected chi connectivity index (χ4v) is 3.86. The first-order valence-electron chi connectivity index (χ1n) is 11.5. The predicted octanol–water partition coefficient (Wildman–Crippen LogP) is 0.603. The Hall–Kier alpha value is -2.04. The molecule has 1 aromatic heterocycles. The molecule has 32 heavy (non-hydrogen) atoms. The lowest BCUT2D eigenvalue weighted by Gasteiger charge is -2.35. The minimum atomic E-state index is -0.277. The van der Waals surface area contributed by atoms with Crippen LogP contribution in [0, 0.1) is 5.92 Å². The summed E-state index contributed by atoms with van der Waals surface area (Å²) in [5, 5.41) is 17.8. The number of carbonyl (C=O) groups excluding carboxylic acids is 2. The van der Waals surface area contributed by atoms with E-state index < -0.39 is 0 Å². The monoisotopic (exact) mass is 452 g/mol. The van der Waals surface area contributed by atoms with Crippen molar-refractivity contribution in [3.63, 3.8) is 0 Å². The number of aliphatic hydroxyl groups excluding tert-OH is 1. The van der Waals surface area contributed by atoms with Gasteiger partial charge in [-0.15, -0.1) is 5.10 Å². The van der Waals surface area contributed by atoms with Crippen LogP contribution in [0.15, 0.2) is 6.20 Å². The van der Waals surface area contributed by atoms with Gasteiger partial charge in [0.2, 0.25) is 11.8 Å². The third-order valence-corrected chi connectivity index (χ3v) is 6.02. The van der Waals surface area contributed by atoms with Gasteiger partial charge in [0.25, 0.3) is 0 Å². The Kier molecular flexibility index (Phi) is 10.5. The third kappa shape index (κ3) is 7.83. The highest BCUT2D eigenvalue weighted by Gasteiger charge is 2.29. The molecule has 0 bridgehead atoms. The normalized spacial score (nSPS) is 21.6. The first-order valence-corrected chi connectivity index (χ1v) is 11.5. The van der Waals surface area contributed by atoms with Crippen LogP contribution in [-0.2, 0) is 27.5 Å². The summed E-state index contributed by atoms with van der Waals surface area (Å²) in [5.41, 5.74) is 0.857. The average Bonchev–Trinajstić information content (AvgIpc) is 3.19. The fourth-order valence-electron chi connectivity index (χ4n) is 3.86. The molecule has 1 N–H and O–H groups in total. The molecule has 1 aromatic rings. The van der Waals surface area contributed by atoms with Crippen LogP contribution < -0.4 is 0 Å². The first-order chi connectivity index (χ1) is 15.2. The number of likely N-dealkylation sites (N-methyl/N-ethyl adjacent to an activating group) is 1. The quantitative estimate of drug-likeness (QED) is 0.616. The van der Waals surface area contributed by atoms with Crippen molar-refractivity contribution in [2.24, 2.45) is 5.92 Å². The Morgan fingerprint density at radius 1 is 1.38 bits per heavy atom. The standard InChI is InChI=1S/C22H40N6O4/c1-17-13-27(18(2)15-29)22(31)9-7-11-28-19(12-23-24-28)16-32-20(17)14-26(5)21(30)8-6-10-25(3)4/h12,17-18,20,29H,6-11,13-16H2,1-5H3/t17-,18-,20-/m0/s1. The largest absolute Gasteiger partial charge is 0.394 e. The molecule has 0 aliphatic carbocycles. The Morgan fingerprint density at radius 2 is 2.12 bits per heavy atom. The van der Waals surface area contributed by atoms with Crippen molar-refractivity contribution >= 4 is 11.8 Å². The van der Waals surface area contributed by atoms with Gasteiger partial charge in [-0.3, -0.25) is 9.59 Å². The Labute approximate surface area is 191 Å². The topological polar surface area (TPSA) is 104 Å². The molecule has 0 unspecified atom stereocenters. The molecule has 0 saturated carbocycles. The predicted molar refractivity (Wildman–Crippen MR) is 121 cm³/mol. The van der Waals surface area contributed by atoms with E-state index in [0.29, 0.717) is 45.5 Å². The molecule has 0 spiro atoms. The van der Waals surface area contributed by atoms with E-state index in [1.54, 1.807) is 27.7 Å². The van der Waals surface area contributed by atoms with Crippen molar-refractivity contribution in [1.82, 2.24) is 29.7 Å². The fraction of sp³-hybridized carbons (Fsp3) is 0.818. The summed E-state index contributed by atoms with van der Waals surface area (Å²) in [4.78, 5) is 31.1. The number of aromatic nitrogens is 3. The van der Waals surface area contributed by atoms with Crippen LogP contribution >= 0.6 is 0 Å². The van der Waals surface area contributed by atoms with E-state index in [4.69, 9.17) is 4.74 Å². The molecule has 10 heteroatoms. The molecule has 1 aliphatic heterocycles. The number of hydrogen-bond acceptors (Lipinski definition) is 7. The summed E-state index contributed by atoms with van der Waals surface area (Å²) in [7, 11) is 5.79. The van der Waals surface area contributed by atoms with Crippen LogP contribution in [0.25, 0.3) is 0 Å². The molecule has 0 saturated heterocycles. The van der Waals surface area contributed by atoms with Crippen molar-refractivity contribution in [2.75, 3.05) is 47.4 Å². The molecular weight excluding hydrogens is 412 g/mol. The van der Waals surface area contributed by atoms with E-state index >= 15 is 0 Å². The van der Waals surface area contributed by atoms with E-state index in [0.717, 1.165) is 18.7 Å². The molecule has 1 aliphatic rings. The summed E-state index contributed by atoms with van der Waals surface area (Å²) in [6.45, 7) is 6.46. The number of nitrogens with zero attached hydrogens (tertiary/aromatic N) is 6. The maximum Gasteiger partial charge on any atom is 0.222 e. The number of aryl methyl sites for hydroxylation is 1. The van der Waals surface area contributed by atoms with Gasteiger partial charge in [0.1, 0.15) is 0 Å². The van der Waals surface area contributed by atoms with Gasteiger partial charge in [0.15, 0.2) is 0 Å². The zero-order valence-corrected chi connectivity index (χ0v) is 20.2. The number of amides is 2. The van der Waals surface area contributed by atoms with Crippen LogP contribution in [-0.4, -0.2) is 106 Å². The van der Waals surface area contributed by atoms with Gasteiger partial charge in [0.05, 0.1) is 37.3 Å². The lowest BCUT2D eigenvalue weighted by molar-refractivity contribution is -0.138. The highest BCUT2D eigenvalue weighted by Crippen LogP contribution is 2.18. The zero-order chi connectivity index (χ0) is 23.7. The first kappa shape index (κ1) is 26.2. The van der Waals surface area contributed by atoms with E-state index in [9.17, 15) is 14.7 Å². The maximum absolute atomic E-state index is 12.9. The van der Waals surface area contributed by atoms with Gasteiger partial charge in [0, 0.05) is 45.4 Å². The number of carbonyl (C=O) groups is 2. The molecule has 0 fully saturated rings. The minimum absolute atomic E-state index is 0.00695. The second-order valence-corrected chi connectivity index (χ2v) is 9.14. The molecule has 182 valence electrons. The van der Waals surface area contributed by atoms with Crippen molar-refractivity contribution < 1.29 is 19.4 Å². The van der Waals surface area contributed by atoms with Crippen LogP contribution in [0.4, 0.5) is 0 Å². The average molecular weight is 453 g/mol. The van der Waals surface area contributed by atoms with Gasteiger partial charge < -0.3 is 24.5 Å². The van der Waals surface area contributed by atoms with Gasteiger partial charge >= 0.3 is 0 Å². The summed E-state index contributed by atoms with van der Waals surface area (Å²) in [6.07, 6.45) is 3.72. The summed E-state index contributed by atoms with van der Waals surface area (Å²) in [6, 6.07) is -0.277. The van der Waals surface area contributed by atoms with Crippen molar-refractivity contribution in [2.45, 2.75) is 64.8 Å². The third-order valence-electron chi connectivity index (χ3n) is 6.02. The lowest BCUT2D eigenvalue weighted by atomic mass is 10.0. The van der Waals surface area contributed by atoms with Crippen LogP contribution in [0.1, 0.15) is 45.2 Å². The molecule has 2 heterocycles. The van der Waals surface area contributed by atoms with E-state index in [1.807, 2.05) is 27.9 Å². The second-order valence-electron chi connectivity index (χ2n) is 9.14. The van der Waals surface area contributed by atoms with Gasteiger partial charge in [-0.2, -0.15) is 0 Å². The molecule has 0 aromatic carbocycles. The Morgan fingerprint density at radius 3 is 2.81 bits per heavy atom. The van der Waals surface area contributed by atoms with E-state index in [2.05, 4.69) is 15.2 Å². The van der Waals surface area contributed by atoms with Crippen LogP contribution in [0.2, 0.25) is 0 Å². The number of ether oxygens (including phenoxy) is 1. The Balaban J connectivity index is 2.15. The van der Waals surface area contributed by atoms with Gasteiger partial charge in [-0.25, -0.2) is 4.68 Å². The summed E-state index contributed by atoms with van der Waals surface area (Å²) in [5.74, 6) is 0.0540. The zero-order valence-electron chi connectivity index (χ0n) is 20.2. The minimum Gasteiger partial charge on any atom is -0.394 e. The smallest absolute Gasteiger partial charge is 0.222 e. The van der Waals surface area contributed by atoms with Crippen LogP contribution in [0.5, 0.6) is 0 Å². The molecule has 2 rings (SSSR count). The Bertz CT molecular complexity index is 725. The highest BCUT2D eigenvalue weighted by molar-refractivity contribution is 5.76. The number of aliphatic hydroxyl groups is 1. The van der Waals surface area contributed by atoms with Crippen molar-refractivity contribution in [1.29, 1.82) is 0 Å². The lowest BCUT2D eigenvalue weighted by Crippen LogP contribution is -2.48. The number of rotatable bonds is 8. The SMILES string of the molecule is C[C@H]1CN([C@@H](C)CO)C(=O)CCCn2nncc2CO[C@H]1CN(C)C(=O)CCCN(C)C. The number of hydrogen-bond donors (Lipinski definition) is 1.